The van der Waals surface area contributed by atoms with Gasteiger partial charge in [0.15, 0.2) is 0 Å². The van der Waals surface area contributed by atoms with Crippen molar-refractivity contribution in [3.8, 4) is 0 Å². The Kier molecular flexibility index (Phi) is 8.78. The van der Waals surface area contributed by atoms with Crippen LogP contribution in [0.5, 0.6) is 0 Å². The predicted molar refractivity (Wildman–Crippen MR) is 98.9 cm³/mol. The standard InChI is InChI=1S/C21H30F2.CF2O/c1-15-2-4-16(5-3-15)10-17-6-8-18(9-7-17)11-19-12-20(22)14-21(23)13-19;2-1(3)4/h12-18H,2-11H2,1H3;. The van der Waals surface area contributed by atoms with E-state index in [-0.39, 0.29) is 0 Å². The minimum Gasteiger partial charge on any atom is -0.219 e. The van der Waals surface area contributed by atoms with Gasteiger partial charge in [-0.2, -0.15) is 0 Å². The van der Waals surface area contributed by atoms with Gasteiger partial charge in [0.05, 0.1) is 0 Å². The number of carbonyl (C=O) groups is 1. The lowest BCUT2D eigenvalue weighted by Gasteiger charge is -2.33. The van der Waals surface area contributed by atoms with E-state index in [0.29, 0.717) is 5.92 Å². The fourth-order valence-corrected chi connectivity index (χ4v) is 4.77. The second kappa shape index (κ2) is 10.8. The van der Waals surface area contributed by atoms with Crippen LogP contribution in [0.15, 0.2) is 18.2 Å². The van der Waals surface area contributed by atoms with Gasteiger partial charge in [-0.25, -0.2) is 13.6 Å². The Morgan fingerprint density at radius 3 is 1.70 bits per heavy atom. The van der Waals surface area contributed by atoms with Crippen molar-refractivity contribution >= 4 is 6.29 Å². The van der Waals surface area contributed by atoms with Crippen molar-refractivity contribution in [3.63, 3.8) is 0 Å². The molecular formula is C22H30F4O. The van der Waals surface area contributed by atoms with Crippen LogP contribution in [0.25, 0.3) is 0 Å². The third-order valence-corrected chi connectivity index (χ3v) is 6.22. The molecular weight excluding hydrogens is 356 g/mol. The molecule has 0 aromatic heterocycles. The van der Waals surface area contributed by atoms with Gasteiger partial charge in [0.2, 0.25) is 0 Å². The van der Waals surface area contributed by atoms with Crippen LogP contribution >= 0.6 is 0 Å². The highest BCUT2D eigenvalue weighted by atomic mass is 19.3. The summed E-state index contributed by atoms with van der Waals surface area (Å²) in [5, 5.41) is 0. The molecule has 0 aliphatic heterocycles. The molecule has 3 rings (SSSR count). The van der Waals surface area contributed by atoms with Crippen LogP contribution < -0.4 is 0 Å². The molecule has 2 aliphatic rings. The summed E-state index contributed by atoms with van der Waals surface area (Å²) in [5.41, 5.74) is 0.826. The van der Waals surface area contributed by atoms with Crippen LogP contribution in [0.2, 0.25) is 0 Å². The van der Waals surface area contributed by atoms with Crippen LogP contribution in [0.1, 0.15) is 70.3 Å². The highest BCUT2D eigenvalue weighted by Crippen LogP contribution is 2.39. The Labute approximate surface area is 159 Å². The Bertz CT molecular complexity index is 564. The van der Waals surface area contributed by atoms with Crippen molar-refractivity contribution in [2.24, 2.45) is 23.7 Å². The molecule has 0 saturated heterocycles. The summed E-state index contributed by atoms with van der Waals surface area (Å²) in [7, 11) is 0. The largest absolute Gasteiger partial charge is 0.483 e. The second-order valence-electron chi connectivity index (χ2n) is 8.46. The summed E-state index contributed by atoms with van der Waals surface area (Å²) in [6.07, 6.45) is 10.2. The number of halogens is 4. The first-order valence-corrected chi connectivity index (χ1v) is 10.1. The number of benzene rings is 1. The molecule has 1 nitrogen and oxygen atoms in total. The lowest BCUT2D eigenvalue weighted by Crippen LogP contribution is -2.21. The third-order valence-electron chi connectivity index (χ3n) is 6.22. The molecule has 0 radical (unpaired) electrons. The van der Waals surface area contributed by atoms with Crippen molar-refractivity contribution in [1.82, 2.24) is 0 Å². The van der Waals surface area contributed by atoms with Gasteiger partial charge in [-0.15, -0.1) is 8.78 Å². The SMILES string of the molecule is CC1CCC(CC2CCC(Cc3cc(F)cc(F)c3)CC2)CC1.O=C(F)F. The van der Waals surface area contributed by atoms with Crippen molar-refractivity contribution in [1.29, 1.82) is 0 Å². The van der Waals surface area contributed by atoms with Crippen molar-refractivity contribution in [2.75, 3.05) is 0 Å². The second-order valence-corrected chi connectivity index (χ2v) is 8.46. The lowest BCUT2D eigenvalue weighted by molar-refractivity contribution is 0.195. The maximum Gasteiger partial charge on any atom is 0.483 e. The minimum absolute atomic E-state index is 0.444. The van der Waals surface area contributed by atoms with Gasteiger partial charge in [-0.1, -0.05) is 45.4 Å². The zero-order valence-corrected chi connectivity index (χ0v) is 16.0. The molecule has 0 unspecified atom stereocenters. The minimum atomic E-state index is -2.83. The fraction of sp³-hybridized carbons (Fsp3) is 0.682. The fourth-order valence-electron chi connectivity index (χ4n) is 4.77. The van der Waals surface area contributed by atoms with Gasteiger partial charge in [-0.3, -0.25) is 0 Å². The third kappa shape index (κ3) is 8.44. The Morgan fingerprint density at radius 1 is 0.815 bits per heavy atom. The van der Waals surface area contributed by atoms with Gasteiger partial charge in [-0.05, 0) is 67.1 Å². The molecule has 1 aromatic rings. The molecule has 0 amide bonds. The number of carbonyl (C=O) groups excluding carboxylic acids is 1. The number of hydrogen-bond donors (Lipinski definition) is 0. The molecule has 2 aliphatic carbocycles. The lowest BCUT2D eigenvalue weighted by atomic mass is 9.72. The van der Waals surface area contributed by atoms with E-state index >= 15 is 0 Å². The van der Waals surface area contributed by atoms with Gasteiger partial charge in [0, 0.05) is 6.07 Å². The van der Waals surface area contributed by atoms with E-state index < -0.39 is 17.9 Å². The Hall–Kier alpha value is -1.39. The molecule has 0 heterocycles. The maximum atomic E-state index is 13.3. The zero-order valence-electron chi connectivity index (χ0n) is 16.0. The monoisotopic (exact) mass is 386 g/mol. The average molecular weight is 386 g/mol. The molecule has 0 spiro atoms. The first-order valence-electron chi connectivity index (χ1n) is 10.1. The van der Waals surface area contributed by atoms with Crippen LogP contribution in [-0.4, -0.2) is 6.29 Å². The van der Waals surface area contributed by atoms with Gasteiger partial charge < -0.3 is 0 Å². The Balaban J connectivity index is 0.000000596. The molecule has 2 fully saturated rings. The van der Waals surface area contributed by atoms with Crippen LogP contribution in [0, 0.1) is 35.3 Å². The highest BCUT2D eigenvalue weighted by Gasteiger charge is 2.26. The molecule has 27 heavy (non-hydrogen) atoms. The van der Waals surface area contributed by atoms with Crippen LogP contribution in [-0.2, 0) is 6.42 Å². The maximum absolute atomic E-state index is 13.3. The predicted octanol–water partition coefficient (Wildman–Crippen LogP) is 7.58. The van der Waals surface area contributed by atoms with Crippen molar-refractivity contribution < 1.29 is 22.4 Å². The summed E-state index contributed by atoms with van der Waals surface area (Å²) in [6.45, 7) is 2.39. The average Bonchev–Trinajstić information content (AvgIpc) is 2.57. The van der Waals surface area contributed by atoms with Gasteiger partial charge in [0.25, 0.3) is 0 Å². The summed E-state index contributed by atoms with van der Waals surface area (Å²) >= 11 is 0. The quantitative estimate of drug-likeness (QED) is 0.385. The zero-order chi connectivity index (χ0) is 19.8. The normalized spacial score (nSPS) is 28.2. The molecule has 1 aromatic carbocycles. The molecule has 0 N–H and O–H groups in total. The van der Waals surface area contributed by atoms with Gasteiger partial charge >= 0.3 is 6.29 Å². The van der Waals surface area contributed by atoms with E-state index in [9.17, 15) is 17.6 Å². The van der Waals surface area contributed by atoms with E-state index in [4.69, 9.17) is 4.79 Å². The molecule has 5 heteroatoms. The molecule has 2 saturated carbocycles. The van der Waals surface area contributed by atoms with E-state index in [1.807, 2.05) is 0 Å². The molecule has 0 bridgehead atoms. The molecule has 152 valence electrons. The van der Waals surface area contributed by atoms with E-state index in [2.05, 4.69) is 6.92 Å². The Morgan fingerprint density at radius 2 is 1.22 bits per heavy atom. The summed E-state index contributed by atoms with van der Waals surface area (Å²) in [4.78, 5) is 8.11. The summed E-state index contributed by atoms with van der Waals surface area (Å²) < 4.78 is 46.0. The molecule has 0 atom stereocenters. The summed E-state index contributed by atoms with van der Waals surface area (Å²) in [5.74, 6) is 2.52. The topological polar surface area (TPSA) is 17.1 Å². The first-order chi connectivity index (χ1) is 12.8. The van der Waals surface area contributed by atoms with Gasteiger partial charge in [0.1, 0.15) is 11.6 Å². The van der Waals surface area contributed by atoms with Crippen LogP contribution in [0.4, 0.5) is 22.4 Å². The smallest absolute Gasteiger partial charge is 0.219 e. The van der Waals surface area contributed by atoms with E-state index in [1.54, 1.807) is 0 Å². The summed E-state index contributed by atoms with van der Waals surface area (Å²) in [6, 6.07) is 3.96. The van der Waals surface area contributed by atoms with Crippen molar-refractivity contribution in [3.05, 3.63) is 35.4 Å². The highest BCUT2D eigenvalue weighted by molar-refractivity contribution is 5.55. The first kappa shape index (κ1) is 21.9. The van der Waals surface area contributed by atoms with Crippen LogP contribution in [0.3, 0.4) is 0 Å². The number of rotatable bonds is 4. The number of hydrogen-bond acceptors (Lipinski definition) is 1. The van der Waals surface area contributed by atoms with E-state index in [0.717, 1.165) is 35.8 Å². The van der Waals surface area contributed by atoms with Crippen molar-refractivity contribution in [2.45, 2.75) is 71.1 Å². The van der Waals surface area contributed by atoms with E-state index in [1.165, 1.54) is 69.9 Å².